The summed E-state index contributed by atoms with van der Waals surface area (Å²) in [6.45, 7) is 4.25. The van der Waals surface area contributed by atoms with Crippen molar-refractivity contribution in [2.75, 3.05) is 38.0 Å². The van der Waals surface area contributed by atoms with Gasteiger partial charge in [0.25, 0.3) is 0 Å². The largest absolute Gasteiger partial charge is 0.381 e. The van der Waals surface area contributed by atoms with E-state index >= 15 is 0 Å². The van der Waals surface area contributed by atoms with Gasteiger partial charge >= 0.3 is 0 Å². The molecule has 0 bridgehead atoms. The molecular weight excluding hydrogens is 336 g/mol. The van der Waals surface area contributed by atoms with Crippen molar-refractivity contribution in [3.63, 3.8) is 0 Å². The van der Waals surface area contributed by atoms with Crippen molar-refractivity contribution < 1.29 is 4.79 Å². The van der Waals surface area contributed by atoms with Gasteiger partial charge in [0.1, 0.15) is 0 Å². The molecule has 1 atom stereocenters. The van der Waals surface area contributed by atoms with Crippen LogP contribution < -0.4 is 5.32 Å². The van der Waals surface area contributed by atoms with E-state index in [2.05, 4.69) is 21.3 Å². The minimum atomic E-state index is 0.276. The van der Waals surface area contributed by atoms with Crippen molar-refractivity contribution in [1.82, 2.24) is 14.8 Å². The Kier molecular flexibility index (Phi) is 4.77. The highest BCUT2D eigenvalue weighted by molar-refractivity contribution is 6.35. The Morgan fingerprint density at radius 1 is 1.28 bits per heavy atom. The number of anilines is 1. The Bertz CT molecular complexity index is 775. The molecule has 0 radical (unpaired) electrons. The lowest BCUT2D eigenvalue weighted by molar-refractivity contribution is -0.131. The normalized spacial score (nSPS) is 21.2. The van der Waals surface area contributed by atoms with Crippen LogP contribution in [0.25, 0.3) is 10.9 Å². The molecule has 1 N–H and O–H groups in total. The Balaban J connectivity index is 1.37. The lowest BCUT2D eigenvalue weighted by Crippen LogP contribution is -2.38. The number of nitrogens with one attached hydrogen (secondary N) is 1. The van der Waals surface area contributed by atoms with Gasteiger partial charge in [-0.2, -0.15) is 0 Å². The summed E-state index contributed by atoms with van der Waals surface area (Å²) in [5, 5.41) is 5.27. The number of likely N-dealkylation sites (tertiary alicyclic amines) is 2. The quantitative estimate of drug-likeness (QED) is 0.912. The number of carbonyl (C=O) groups excluding carboxylic acids is 1. The zero-order valence-electron chi connectivity index (χ0n) is 14.2. The molecule has 0 unspecified atom stereocenters. The minimum Gasteiger partial charge on any atom is -0.381 e. The molecule has 2 aromatic rings. The van der Waals surface area contributed by atoms with Gasteiger partial charge in [-0.1, -0.05) is 17.7 Å². The fraction of sp³-hybridized carbons (Fsp3) is 0.474. The van der Waals surface area contributed by atoms with E-state index in [1.165, 1.54) is 0 Å². The molecule has 1 amide bonds. The summed E-state index contributed by atoms with van der Waals surface area (Å²) in [5.41, 5.74) is 1.85. The molecule has 2 saturated heterocycles. The lowest BCUT2D eigenvalue weighted by atomic mass is 10.1. The number of benzene rings is 1. The molecule has 2 aliphatic heterocycles. The first-order chi connectivity index (χ1) is 12.2. The highest BCUT2D eigenvalue weighted by Gasteiger charge is 2.26. The van der Waals surface area contributed by atoms with Crippen LogP contribution in [0.5, 0.6) is 0 Å². The average Bonchev–Trinajstić information content (AvgIpc) is 3.27. The van der Waals surface area contributed by atoms with Crippen molar-refractivity contribution >= 4 is 34.1 Å². The van der Waals surface area contributed by atoms with Crippen molar-refractivity contribution in [1.29, 1.82) is 0 Å². The van der Waals surface area contributed by atoms with E-state index in [0.29, 0.717) is 17.6 Å². The monoisotopic (exact) mass is 358 g/mol. The third-order valence-corrected chi connectivity index (χ3v) is 5.41. The van der Waals surface area contributed by atoms with Gasteiger partial charge in [-0.25, -0.2) is 0 Å². The third-order valence-electron chi connectivity index (χ3n) is 5.12. The van der Waals surface area contributed by atoms with Crippen molar-refractivity contribution in [3.8, 4) is 0 Å². The fourth-order valence-corrected chi connectivity index (χ4v) is 4.09. The molecule has 0 aliphatic carbocycles. The molecule has 2 aliphatic rings. The first-order valence-electron chi connectivity index (χ1n) is 9.00. The maximum Gasteiger partial charge on any atom is 0.236 e. The Morgan fingerprint density at radius 3 is 2.96 bits per heavy atom. The van der Waals surface area contributed by atoms with Gasteiger partial charge < -0.3 is 10.2 Å². The maximum absolute atomic E-state index is 12.3. The molecular formula is C19H23ClN4O. The standard InChI is InChI=1S/C19H23ClN4O/c20-17-11-16(10-14-4-3-6-21-19(14)17)22-15-5-9-23(12-15)13-18(25)24-7-1-2-8-24/h3-4,6,10-11,15,22H,1-2,5,7-9,12-13H2/t15-/m1/s1. The zero-order valence-corrected chi connectivity index (χ0v) is 15.0. The molecule has 3 heterocycles. The van der Waals surface area contributed by atoms with Gasteiger partial charge in [-0.15, -0.1) is 0 Å². The predicted molar refractivity (Wildman–Crippen MR) is 101 cm³/mol. The Hall–Kier alpha value is -1.85. The van der Waals surface area contributed by atoms with E-state index in [1.54, 1.807) is 6.20 Å². The van der Waals surface area contributed by atoms with E-state index in [0.717, 1.165) is 62.0 Å². The van der Waals surface area contributed by atoms with Crippen LogP contribution in [0.1, 0.15) is 19.3 Å². The Morgan fingerprint density at radius 2 is 2.12 bits per heavy atom. The fourth-order valence-electron chi connectivity index (χ4n) is 3.82. The maximum atomic E-state index is 12.3. The molecule has 25 heavy (non-hydrogen) atoms. The first-order valence-corrected chi connectivity index (χ1v) is 9.38. The van der Waals surface area contributed by atoms with Gasteiger partial charge in [-0.3, -0.25) is 14.7 Å². The van der Waals surface area contributed by atoms with Crippen molar-refractivity contribution in [2.45, 2.75) is 25.3 Å². The predicted octanol–water partition coefficient (Wildman–Crippen LogP) is 3.00. The van der Waals surface area contributed by atoms with Gasteiger partial charge in [0, 0.05) is 49.5 Å². The smallest absolute Gasteiger partial charge is 0.236 e. The topological polar surface area (TPSA) is 48.5 Å². The van der Waals surface area contributed by atoms with Crippen molar-refractivity contribution in [2.24, 2.45) is 0 Å². The average molecular weight is 359 g/mol. The van der Waals surface area contributed by atoms with Gasteiger partial charge in [0.05, 0.1) is 17.1 Å². The molecule has 1 aromatic carbocycles. The summed E-state index contributed by atoms with van der Waals surface area (Å²) in [6.07, 6.45) is 5.09. The summed E-state index contributed by atoms with van der Waals surface area (Å²) in [4.78, 5) is 20.9. The number of pyridine rings is 1. The van der Waals surface area contributed by atoms with Crippen LogP contribution in [0.15, 0.2) is 30.5 Å². The summed E-state index contributed by atoms with van der Waals surface area (Å²) >= 11 is 6.35. The van der Waals surface area contributed by atoms with Crippen LogP contribution in [-0.4, -0.2) is 59.5 Å². The van der Waals surface area contributed by atoms with E-state index in [9.17, 15) is 4.79 Å². The molecule has 1 aromatic heterocycles. The number of nitrogens with zero attached hydrogens (tertiary/aromatic N) is 3. The van der Waals surface area contributed by atoms with Gasteiger partial charge in [0.2, 0.25) is 5.91 Å². The summed E-state index contributed by atoms with van der Waals surface area (Å²) < 4.78 is 0. The number of carbonyl (C=O) groups is 1. The molecule has 4 rings (SSSR count). The lowest BCUT2D eigenvalue weighted by Gasteiger charge is -2.21. The van der Waals surface area contributed by atoms with E-state index in [4.69, 9.17) is 11.6 Å². The molecule has 5 nitrogen and oxygen atoms in total. The number of amides is 1. The third kappa shape index (κ3) is 3.72. The number of halogens is 1. The van der Waals surface area contributed by atoms with Crippen LogP contribution in [0, 0.1) is 0 Å². The van der Waals surface area contributed by atoms with Crippen LogP contribution in [0.2, 0.25) is 5.02 Å². The summed E-state index contributed by atoms with van der Waals surface area (Å²) in [6, 6.07) is 8.32. The molecule has 0 saturated carbocycles. The SMILES string of the molecule is O=C(CN1CC[C@@H](Nc2cc(Cl)c3ncccc3c2)C1)N1CCCC1. The number of aromatic nitrogens is 1. The number of hydrogen-bond acceptors (Lipinski definition) is 4. The van der Waals surface area contributed by atoms with E-state index in [1.807, 2.05) is 23.1 Å². The first kappa shape index (κ1) is 16.6. The molecule has 0 spiro atoms. The zero-order chi connectivity index (χ0) is 17.2. The van der Waals surface area contributed by atoms with Crippen LogP contribution in [0.3, 0.4) is 0 Å². The summed E-state index contributed by atoms with van der Waals surface area (Å²) in [5.74, 6) is 0.276. The molecule has 132 valence electrons. The molecule has 6 heteroatoms. The Labute approximate surface area is 153 Å². The summed E-state index contributed by atoms with van der Waals surface area (Å²) in [7, 11) is 0. The van der Waals surface area contributed by atoms with E-state index < -0.39 is 0 Å². The van der Waals surface area contributed by atoms with Crippen molar-refractivity contribution in [3.05, 3.63) is 35.5 Å². The van der Waals surface area contributed by atoms with Crippen LogP contribution in [0.4, 0.5) is 5.69 Å². The second-order valence-electron chi connectivity index (χ2n) is 6.99. The van der Waals surface area contributed by atoms with E-state index in [-0.39, 0.29) is 5.91 Å². The second-order valence-corrected chi connectivity index (χ2v) is 7.39. The molecule has 2 fully saturated rings. The second kappa shape index (κ2) is 7.18. The highest BCUT2D eigenvalue weighted by atomic mass is 35.5. The minimum absolute atomic E-state index is 0.276. The highest BCUT2D eigenvalue weighted by Crippen LogP contribution is 2.27. The van der Waals surface area contributed by atoms with Crippen LogP contribution >= 0.6 is 11.6 Å². The van der Waals surface area contributed by atoms with Crippen LogP contribution in [-0.2, 0) is 4.79 Å². The van der Waals surface area contributed by atoms with Gasteiger partial charge in [-0.05, 0) is 37.5 Å². The number of fused-ring (bicyclic) bond motifs is 1. The van der Waals surface area contributed by atoms with Gasteiger partial charge in [0.15, 0.2) is 0 Å². The number of rotatable bonds is 4. The number of hydrogen-bond donors (Lipinski definition) is 1.